The molecule has 0 aliphatic carbocycles. The molecule has 2 heterocycles. The second-order valence-electron chi connectivity index (χ2n) is 3.46. The van der Waals surface area contributed by atoms with Crippen LogP contribution in [0.15, 0.2) is 16.9 Å². The van der Waals surface area contributed by atoms with E-state index in [1.54, 1.807) is 6.20 Å². The Morgan fingerprint density at radius 2 is 2.38 bits per heavy atom. The average molecular weight is 221 g/mol. The van der Waals surface area contributed by atoms with Crippen molar-refractivity contribution in [1.82, 2.24) is 25.0 Å². The lowest BCUT2D eigenvalue weighted by atomic mass is 10.4. The van der Waals surface area contributed by atoms with E-state index in [0.717, 1.165) is 12.2 Å². The van der Waals surface area contributed by atoms with Crippen LogP contribution in [0.3, 0.4) is 0 Å². The van der Waals surface area contributed by atoms with Crippen molar-refractivity contribution in [2.45, 2.75) is 26.4 Å². The molecule has 0 fully saturated rings. The normalized spacial score (nSPS) is 10.9. The summed E-state index contributed by atoms with van der Waals surface area (Å²) < 4.78 is 7.15. The van der Waals surface area contributed by atoms with Crippen LogP contribution < -0.4 is 5.32 Å². The fraction of sp³-hybridized carbons (Fsp3) is 0.500. The Labute approximate surface area is 93.7 Å². The summed E-state index contributed by atoms with van der Waals surface area (Å²) in [7, 11) is 1.85. The quantitative estimate of drug-likeness (QED) is 0.800. The lowest BCUT2D eigenvalue weighted by Gasteiger charge is -2.01. The van der Waals surface area contributed by atoms with Gasteiger partial charge in [-0.05, 0) is 7.05 Å². The Kier molecular flexibility index (Phi) is 3.31. The minimum Gasteiger partial charge on any atom is -0.337 e. The summed E-state index contributed by atoms with van der Waals surface area (Å²) in [5.74, 6) is 2.31. The van der Waals surface area contributed by atoms with Gasteiger partial charge in [0.1, 0.15) is 12.4 Å². The molecule has 6 nitrogen and oxygen atoms in total. The average Bonchev–Trinajstić information content (AvgIpc) is 2.89. The maximum atomic E-state index is 5.14. The monoisotopic (exact) mass is 221 g/mol. The predicted molar refractivity (Wildman–Crippen MR) is 57.8 cm³/mol. The Bertz CT molecular complexity index is 448. The number of nitrogens with one attached hydrogen (secondary N) is 1. The topological polar surface area (TPSA) is 68.8 Å². The molecule has 0 spiro atoms. The standard InChI is InChI=1S/C10H15N5O/c1-3-9-12-4-5-15(9)7-10-13-8(6-11-2)14-16-10/h4-5,11H,3,6-7H2,1-2H3. The smallest absolute Gasteiger partial charge is 0.246 e. The summed E-state index contributed by atoms with van der Waals surface area (Å²) in [4.78, 5) is 8.50. The van der Waals surface area contributed by atoms with E-state index >= 15 is 0 Å². The molecule has 0 atom stereocenters. The highest BCUT2D eigenvalue weighted by molar-refractivity contribution is 4.96. The van der Waals surface area contributed by atoms with E-state index in [0.29, 0.717) is 24.8 Å². The first-order valence-corrected chi connectivity index (χ1v) is 5.29. The van der Waals surface area contributed by atoms with Crippen LogP contribution in [0.1, 0.15) is 24.5 Å². The van der Waals surface area contributed by atoms with E-state index in [9.17, 15) is 0 Å². The van der Waals surface area contributed by atoms with Gasteiger partial charge < -0.3 is 14.4 Å². The third-order valence-electron chi connectivity index (χ3n) is 2.27. The minimum absolute atomic E-state index is 0.583. The Morgan fingerprint density at radius 3 is 3.12 bits per heavy atom. The van der Waals surface area contributed by atoms with Crippen LogP contribution in [0, 0.1) is 0 Å². The molecule has 2 aromatic heterocycles. The first-order chi connectivity index (χ1) is 7.83. The zero-order valence-electron chi connectivity index (χ0n) is 9.47. The molecular weight excluding hydrogens is 206 g/mol. The molecule has 0 saturated carbocycles. The van der Waals surface area contributed by atoms with Gasteiger partial charge in [-0.25, -0.2) is 4.98 Å². The summed E-state index contributed by atoms with van der Waals surface area (Å²) in [5, 5.41) is 6.83. The molecule has 0 aliphatic rings. The second kappa shape index (κ2) is 4.89. The van der Waals surface area contributed by atoms with Gasteiger partial charge in [-0.3, -0.25) is 0 Å². The maximum absolute atomic E-state index is 5.14. The van der Waals surface area contributed by atoms with Crippen LogP contribution in [0.5, 0.6) is 0 Å². The molecule has 1 N–H and O–H groups in total. The van der Waals surface area contributed by atoms with E-state index in [4.69, 9.17) is 4.52 Å². The van der Waals surface area contributed by atoms with Gasteiger partial charge in [-0.15, -0.1) is 0 Å². The Balaban J connectivity index is 2.08. The van der Waals surface area contributed by atoms with Gasteiger partial charge in [0.15, 0.2) is 5.82 Å². The van der Waals surface area contributed by atoms with Gasteiger partial charge in [-0.1, -0.05) is 12.1 Å². The number of imidazole rings is 1. The maximum Gasteiger partial charge on any atom is 0.246 e. The molecule has 6 heteroatoms. The number of hydrogen-bond donors (Lipinski definition) is 1. The highest BCUT2D eigenvalue weighted by Gasteiger charge is 2.08. The van der Waals surface area contributed by atoms with Crippen molar-refractivity contribution >= 4 is 0 Å². The molecule has 86 valence electrons. The van der Waals surface area contributed by atoms with Crippen molar-refractivity contribution < 1.29 is 4.52 Å². The van der Waals surface area contributed by atoms with Crippen LogP contribution in [0.25, 0.3) is 0 Å². The Hall–Kier alpha value is -1.69. The molecule has 0 amide bonds. The van der Waals surface area contributed by atoms with Crippen LogP contribution >= 0.6 is 0 Å². The van der Waals surface area contributed by atoms with E-state index in [1.807, 2.05) is 17.8 Å². The number of rotatable bonds is 5. The first-order valence-electron chi connectivity index (χ1n) is 5.29. The van der Waals surface area contributed by atoms with E-state index in [2.05, 4.69) is 27.4 Å². The first kappa shape index (κ1) is 10.8. The van der Waals surface area contributed by atoms with Gasteiger partial charge in [-0.2, -0.15) is 4.98 Å². The van der Waals surface area contributed by atoms with Crippen LogP contribution in [-0.4, -0.2) is 26.7 Å². The zero-order valence-corrected chi connectivity index (χ0v) is 9.47. The van der Waals surface area contributed by atoms with E-state index < -0.39 is 0 Å². The molecule has 0 unspecified atom stereocenters. The van der Waals surface area contributed by atoms with Crippen molar-refractivity contribution in [2.24, 2.45) is 0 Å². The number of aryl methyl sites for hydroxylation is 1. The molecular formula is C10H15N5O. The summed E-state index contributed by atoms with van der Waals surface area (Å²) in [6.45, 7) is 3.27. The third kappa shape index (κ3) is 2.27. The fourth-order valence-electron chi connectivity index (χ4n) is 1.53. The molecule has 0 radical (unpaired) electrons. The molecule has 0 aliphatic heterocycles. The predicted octanol–water partition coefficient (Wildman–Crippen LogP) is 0.596. The van der Waals surface area contributed by atoms with Crippen molar-refractivity contribution in [3.05, 3.63) is 29.9 Å². The van der Waals surface area contributed by atoms with Gasteiger partial charge >= 0.3 is 0 Å². The Morgan fingerprint density at radius 1 is 1.50 bits per heavy atom. The van der Waals surface area contributed by atoms with Crippen molar-refractivity contribution in [3.8, 4) is 0 Å². The van der Waals surface area contributed by atoms with E-state index in [-0.39, 0.29) is 0 Å². The fourth-order valence-corrected chi connectivity index (χ4v) is 1.53. The lowest BCUT2D eigenvalue weighted by molar-refractivity contribution is 0.364. The second-order valence-corrected chi connectivity index (χ2v) is 3.46. The number of nitrogens with zero attached hydrogens (tertiary/aromatic N) is 4. The third-order valence-corrected chi connectivity index (χ3v) is 2.27. The van der Waals surface area contributed by atoms with Crippen LogP contribution in [0.2, 0.25) is 0 Å². The van der Waals surface area contributed by atoms with Gasteiger partial charge in [0.05, 0.1) is 6.54 Å². The largest absolute Gasteiger partial charge is 0.337 e. The summed E-state index contributed by atoms with van der Waals surface area (Å²) >= 11 is 0. The number of hydrogen-bond acceptors (Lipinski definition) is 5. The molecule has 0 bridgehead atoms. The van der Waals surface area contributed by atoms with Crippen LogP contribution in [-0.2, 0) is 19.5 Å². The van der Waals surface area contributed by atoms with Gasteiger partial charge in [0.25, 0.3) is 0 Å². The molecule has 2 aromatic rings. The molecule has 16 heavy (non-hydrogen) atoms. The van der Waals surface area contributed by atoms with Crippen LogP contribution in [0.4, 0.5) is 0 Å². The number of aromatic nitrogens is 4. The lowest BCUT2D eigenvalue weighted by Crippen LogP contribution is -2.07. The molecule has 2 rings (SSSR count). The van der Waals surface area contributed by atoms with Gasteiger partial charge in [0, 0.05) is 18.8 Å². The van der Waals surface area contributed by atoms with Crippen molar-refractivity contribution in [3.63, 3.8) is 0 Å². The van der Waals surface area contributed by atoms with Gasteiger partial charge in [0.2, 0.25) is 5.89 Å². The molecule has 0 aromatic carbocycles. The summed E-state index contributed by atoms with van der Waals surface area (Å²) in [6.07, 6.45) is 4.59. The SMILES string of the molecule is CCc1nccn1Cc1nc(CNC)no1. The summed E-state index contributed by atoms with van der Waals surface area (Å²) in [6, 6.07) is 0. The van der Waals surface area contributed by atoms with E-state index in [1.165, 1.54) is 0 Å². The van der Waals surface area contributed by atoms with Crippen molar-refractivity contribution in [2.75, 3.05) is 7.05 Å². The molecule has 0 saturated heterocycles. The minimum atomic E-state index is 0.583. The zero-order chi connectivity index (χ0) is 11.4. The summed E-state index contributed by atoms with van der Waals surface area (Å²) in [5.41, 5.74) is 0. The highest BCUT2D eigenvalue weighted by atomic mass is 16.5. The highest BCUT2D eigenvalue weighted by Crippen LogP contribution is 2.04. The van der Waals surface area contributed by atoms with Crippen molar-refractivity contribution in [1.29, 1.82) is 0 Å².